The normalized spacial score (nSPS) is 11.4. The molecule has 0 aliphatic rings. The van der Waals surface area contributed by atoms with Crippen molar-refractivity contribution < 1.29 is 0 Å². The van der Waals surface area contributed by atoms with E-state index >= 15 is 0 Å². The standard InChI is InChI=1S/C14H12NSe/c16-14(11-12-7-3-1-4-8-12)15-13-9-5-2-6-10-13/h1-10H,11H2. The molecule has 2 rings (SSSR count). The van der Waals surface area contributed by atoms with E-state index in [1.807, 2.05) is 48.5 Å². The van der Waals surface area contributed by atoms with E-state index in [2.05, 4.69) is 33.1 Å². The SMILES string of the molecule is [Se]C(Cc1ccccc1)=Nc1ccccc1. The van der Waals surface area contributed by atoms with Crippen LogP contribution in [0.1, 0.15) is 5.56 Å². The summed E-state index contributed by atoms with van der Waals surface area (Å²) < 4.78 is 1.01. The first-order valence-corrected chi connectivity index (χ1v) is 6.04. The predicted octanol–water partition coefficient (Wildman–Crippen LogP) is 3.13. The van der Waals surface area contributed by atoms with Gasteiger partial charge in [-0.1, -0.05) is 0 Å². The summed E-state index contributed by atoms with van der Waals surface area (Å²) in [4.78, 5) is 4.52. The van der Waals surface area contributed by atoms with E-state index in [0.717, 1.165) is 16.7 Å². The first-order chi connectivity index (χ1) is 7.84. The third kappa shape index (κ3) is 3.34. The van der Waals surface area contributed by atoms with Crippen LogP contribution in [0.3, 0.4) is 0 Å². The number of para-hydroxylation sites is 1. The molecule has 1 radical (unpaired) electrons. The van der Waals surface area contributed by atoms with Crippen LogP contribution in [0.4, 0.5) is 5.69 Å². The van der Waals surface area contributed by atoms with Crippen molar-refractivity contribution >= 4 is 26.3 Å². The van der Waals surface area contributed by atoms with Gasteiger partial charge in [-0.25, -0.2) is 0 Å². The second kappa shape index (κ2) is 5.64. The molecule has 0 bridgehead atoms. The Bertz CT molecular complexity index is 463. The molecule has 0 saturated heterocycles. The van der Waals surface area contributed by atoms with E-state index in [0.29, 0.717) is 0 Å². The molecule has 0 unspecified atom stereocenters. The minimum atomic E-state index is 0.857. The molecule has 0 heterocycles. The Labute approximate surface area is 104 Å². The molecule has 0 saturated carbocycles. The van der Waals surface area contributed by atoms with Gasteiger partial charge >= 0.3 is 104 Å². The van der Waals surface area contributed by atoms with Crippen LogP contribution in [0, 0.1) is 0 Å². The molecule has 16 heavy (non-hydrogen) atoms. The van der Waals surface area contributed by atoms with Gasteiger partial charge < -0.3 is 0 Å². The zero-order valence-corrected chi connectivity index (χ0v) is 10.5. The van der Waals surface area contributed by atoms with Crippen molar-refractivity contribution in [1.82, 2.24) is 0 Å². The zero-order chi connectivity index (χ0) is 11.2. The summed E-state index contributed by atoms with van der Waals surface area (Å²) in [6.07, 6.45) is 0.857. The van der Waals surface area contributed by atoms with Gasteiger partial charge in [0.15, 0.2) is 0 Å². The van der Waals surface area contributed by atoms with Gasteiger partial charge in [0.25, 0.3) is 0 Å². The van der Waals surface area contributed by atoms with Crippen molar-refractivity contribution in [2.24, 2.45) is 4.99 Å². The number of hydrogen-bond acceptors (Lipinski definition) is 1. The van der Waals surface area contributed by atoms with Gasteiger partial charge in [0.2, 0.25) is 0 Å². The summed E-state index contributed by atoms with van der Waals surface area (Å²) in [5.41, 5.74) is 2.27. The second-order valence-electron chi connectivity index (χ2n) is 3.50. The van der Waals surface area contributed by atoms with Crippen LogP contribution in [0.25, 0.3) is 0 Å². The van der Waals surface area contributed by atoms with Gasteiger partial charge in [-0.15, -0.1) is 0 Å². The fourth-order valence-electron chi connectivity index (χ4n) is 1.46. The molecule has 1 nitrogen and oxygen atoms in total. The molecule has 0 N–H and O–H groups in total. The fraction of sp³-hybridized carbons (Fsp3) is 0.0714. The minimum absolute atomic E-state index is 0.857. The summed E-state index contributed by atoms with van der Waals surface area (Å²) >= 11 is 3.02. The molecule has 2 aromatic carbocycles. The molecule has 0 atom stereocenters. The Kier molecular flexibility index (Phi) is 3.92. The second-order valence-corrected chi connectivity index (χ2v) is 4.49. The quantitative estimate of drug-likeness (QED) is 0.602. The number of benzene rings is 2. The van der Waals surface area contributed by atoms with Crippen molar-refractivity contribution in [2.75, 3.05) is 0 Å². The molecule has 0 spiro atoms. The van der Waals surface area contributed by atoms with E-state index in [1.54, 1.807) is 0 Å². The molecule has 2 heteroatoms. The molecule has 0 aliphatic heterocycles. The average molecular weight is 273 g/mol. The third-order valence-corrected chi connectivity index (χ3v) is 2.70. The van der Waals surface area contributed by atoms with Crippen molar-refractivity contribution in [1.29, 1.82) is 0 Å². The van der Waals surface area contributed by atoms with E-state index in [4.69, 9.17) is 0 Å². The molecular weight excluding hydrogens is 261 g/mol. The van der Waals surface area contributed by atoms with Crippen molar-refractivity contribution in [3.8, 4) is 0 Å². The Morgan fingerprint density at radius 1 is 0.875 bits per heavy atom. The number of nitrogens with zero attached hydrogens (tertiary/aromatic N) is 1. The molecule has 2 aromatic rings. The first kappa shape index (κ1) is 11.1. The summed E-state index contributed by atoms with van der Waals surface area (Å²) in [6.45, 7) is 0. The van der Waals surface area contributed by atoms with Crippen molar-refractivity contribution in [3.63, 3.8) is 0 Å². The molecule has 0 amide bonds. The monoisotopic (exact) mass is 274 g/mol. The van der Waals surface area contributed by atoms with Crippen LogP contribution in [-0.2, 0) is 6.42 Å². The fourth-order valence-corrected chi connectivity index (χ4v) is 2.03. The van der Waals surface area contributed by atoms with Crippen LogP contribution in [0.5, 0.6) is 0 Å². The Morgan fingerprint density at radius 3 is 2.06 bits per heavy atom. The number of rotatable bonds is 3. The van der Waals surface area contributed by atoms with Crippen LogP contribution in [0.15, 0.2) is 65.7 Å². The van der Waals surface area contributed by atoms with Crippen LogP contribution in [-0.4, -0.2) is 20.6 Å². The van der Waals surface area contributed by atoms with Gasteiger partial charge in [-0.3, -0.25) is 0 Å². The summed E-state index contributed by atoms with van der Waals surface area (Å²) in [6, 6.07) is 20.3. The van der Waals surface area contributed by atoms with Gasteiger partial charge in [0, 0.05) is 0 Å². The Balaban J connectivity index is 2.09. The Morgan fingerprint density at radius 2 is 1.44 bits per heavy atom. The topological polar surface area (TPSA) is 12.4 Å². The van der Waals surface area contributed by atoms with E-state index < -0.39 is 0 Å². The van der Waals surface area contributed by atoms with E-state index in [9.17, 15) is 0 Å². The molecular formula is C14H12NSe. The third-order valence-electron chi connectivity index (χ3n) is 2.21. The average Bonchev–Trinajstić information content (AvgIpc) is 2.31. The maximum absolute atomic E-state index is 4.52. The zero-order valence-electron chi connectivity index (χ0n) is 8.84. The van der Waals surface area contributed by atoms with Crippen molar-refractivity contribution in [2.45, 2.75) is 6.42 Å². The predicted molar refractivity (Wildman–Crippen MR) is 69.4 cm³/mol. The van der Waals surface area contributed by atoms with Gasteiger partial charge in [0.05, 0.1) is 0 Å². The van der Waals surface area contributed by atoms with Gasteiger partial charge in [-0.05, 0) is 0 Å². The summed E-state index contributed by atoms with van der Waals surface area (Å²) in [7, 11) is 0. The molecule has 79 valence electrons. The summed E-state index contributed by atoms with van der Waals surface area (Å²) in [5.74, 6) is 0. The molecule has 0 fully saturated rings. The van der Waals surface area contributed by atoms with Gasteiger partial charge in [0.1, 0.15) is 0 Å². The van der Waals surface area contributed by atoms with Crippen molar-refractivity contribution in [3.05, 3.63) is 66.2 Å². The van der Waals surface area contributed by atoms with Crippen LogP contribution < -0.4 is 0 Å². The van der Waals surface area contributed by atoms with Crippen LogP contribution >= 0.6 is 0 Å². The maximum atomic E-state index is 4.52. The van der Waals surface area contributed by atoms with E-state index in [-0.39, 0.29) is 0 Å². The first-order valence-electron chi connectivity index (χ1n) is 5.18. The number of aliphatic imine (C=N–C) groups is 1. The Hall–Kier alpha value is -1.37. The van der Waals surface area contributed by atoms with Gasteiger partial charge in [-0.2, -0.15) is 0 Å². The van der Waals surface area contributed by atoms with Crippen LogP contribution in [0.2, 0.25) is 0 Å². The number of hydrogen-bond donors (Lipinski definition) is 0. The molecule has 0 aliphatic carbocycles. The van der Waals surface area contributed by atoms with E-state index in [1.165, 1.54) is 5.56 Å². The molecule has 0 aromatic heterocycles. The summed E-state index contributed by atoms with van der Waals surface area (Å²) in [5, 5.41) is 0.